The summed E-state index contributed by atoms with van der Waals surface area (Å²) in [5.74, 6) is 2.53. The van der Waals surface area contributed by atoms with E-state index >= 15 is 0 Å². The molecule has 0 unspecified atom stereocenters. The fourth-order valence-electron chi connectivity index (χ4n) is 1.29. The number of anilines is 2. The topological polar surface area (TPSA) is 67.1 Å². The molecular formula is C11H21N5. The molecule has 0 bridgehead atoms. The zero-order chi connectivity index (χ0) is 12.1. The van der Waals surface area contributed by atoms with E-state index < -0.39 is 0 Å². The van der Waals surface area contributed by atoms with Crippen LogP contribution < -0.4 is 16.0 Å². The first-order valence-corrected chi connectivity index (χ1v) is 5.57. The van der Waals surface area contributed by atoms with Gasteiger partial charge in [-0.3, -0.25) is 0 Å². The first-order valence-electron chi connectivity index (χ1n) is 5.57. The summed E-state index contributed by atoms with van der Waals surface area (Å²) in [5, 5.41) is 3.17. The lowest BCUT2D eigenvalue weighted by Crippen LogP contribution is -2.27. The monoisotopic (exact) mass is 223 g/mol. The van der Waals surface area contributed by atoms with Crippen LogP contribution in [0.2, 0.25) is 0 Å². The van der Waals surface area contributed by atoms with Gasteiger partial charge in [-0.2, -0.15) is 0 Å². The Bertz CT molecular complexity index is 337. The largest absolute Gasteiger partial charge is 0.369 e. The van der Waals surface area contributed by atoms with Gasteiger partial charge in [0.15, 0.2) is 0 Å². The fraction of sp³-hybridized carbons (Fsp3) is 0.636. The zero-order valence-corrected chi connectivity index (χ0v) is 10.5. The van der Waals surface area contributed by atoms with Crippen LogP contribution in [0.3, 0.4) is 0 Å². The van der Waals surface area contributed by atoms with Gasteiger partial charge in [0.25, 0.3) is 0 Å². The number of aryl methyl sites for hydroxylation is 1. The highest BCUT2D eigenvalue weighted by Crippen LogP contribution is 2.16. The normalized spacial score (nSPS) is 10.6. The van der Waals surface area contributed by atoms with Crippen LogP contribution in [-0.4, -0.2) is 36.1 Å². The third-order valence-electron chi connectivity index (χ3n) is 2.41. The van der Waals surface area contributed by atoms with E-state index in [0.717, 1.165) is 24.0 Å². The second-order valence-corrected chi connectivity index (χ2v) is 4.08. The third-order valence-corrected chi connectivity index (χ3v) is 2.41. The Hall–Kier alpha value is -1.36. The average Bonchev–Trinajstić information content (AvgIpc) is 2.24. The van der Waals surface area contributed by atoms with E-state index in [1.54, 1.807) is 0 Å². The highest BCUT2D eigenvalue weighted by molar-refractivity contribution is 5.49. The van der Waals surface area contributed by atoms with Crippen molar-refractivity contribution in [3.8, 4) is 0 Å². The van der Waals surface area contributed by atoms with E-state index in [2.05, 4.69) is 34.0 Å². The molecule has 1 heterocycles. The van der Waals surface area contributed by atoms with Gasteiger partial charge < -0.3 is 16.0 Å². The van der Waals surface area contributed by atoms with Crippen LogP contribution in [0.15, 0.2) is 6.07 Å². The number of hydrogen-bond donors (Lipinski definition) is 2. The number of nitrogens with zero attached hydrogens (tertiary/aromatic N) is 3. The molecule has 0 fully saturated rings. The number of hydrogen-bond acceptors (Lipinski definition) is 5. The van der Waals surface area contributed by atoms with Gasteiger partial charge >= 0.3 is 0 Å². The van der Waals surface area contributed by atoms with Crippen molar-refractivity contribution in [1.29, 1.82) is 0 Å². The molecule has 0 aliphatic rings. The van der Waals surface area contributed by atoms with Gasteiger partial charge in [-0.1, -0.05) is 0 Å². The quantitative estimate of drug-likeness (QED) is 0.779. The molecule has 0 aromatic carbocycles. The van der Waals surface area contributed by atoms with Crippen molar-refractivity contribution >= 4 is 11.6 Å². The van der Waals surface area contributed by atoms with E-state index in [9.17, 15) is 0 Å². The first kappa shape index (κ1) is 12.7. The molecular weight excluding hydrogens is 202 g/mol. The minimum Gasteiger partial charge on any atom is -0.369 e. The van der Waals surface area contributed by atoms with E-state index in [1.807, 2.05) is 20.0 Å². The van der Waals surface area contributed by atoms with E-state index in [1.165, 1.54) is 0 Å². The summed E-state index contributed by atoms with van der Waals surface area (Å²) in [6, 6.07) is 2.36. The van der Waals surface area contributed by atoms with Crippen molar-refractivity contribution in [2.45, 2.75) is 26.8 Å². The summed E-state index contributed by atoms with van der Waals surface area (Å²) in [6.07, 6.45) is 0. The molecule has 0 atom stereocenters. The number of nitrogens with one attached hydrogen (secondary N) is 1. The Labute approximate surface area is 97.1 Å². The van der Waals surface area contributed by atoms with Crippen molar-refractivity contribution in [3.05, 3.63) is 11.9 Å². The summed E-state index contributed by atoms with van der Waals surface area (Å²) < 4.78 is 0. The summed E-state index contributed by atoms with van der Waals surface area (Å²) in [6.45, 7) is 7.47. The maximum Gasteiger partial charge on any atom is 0.134 e. The van der Waals surface area contributed by atoms with Gasteiger partial charge in [-0.15, -0.1) is 0 Å². The van der Waals surface area contributed by atoms with Crippen LogP contribution in [0.4, 0.5) is 11.6 Å². The summed E-state index contributed by atoms with van der Waals surface area (Å²) in [5.41, 5.74) is 5.44. The Balaban J connectivity index is 2.89. The first-order chi connectivity index (χ1) is 7.54. The summed E-state index contributed by atoms with van der Waals surface area (Å²) >= 11 is 0. The van der Waals surface area contributed by atoms with Crippen molar-refractivity contribution in [1.82, 2.24) is 9.97 Å². The maximum absolute atomic E-state index is 5.44. The molecule has 0 saturated heterocycles. The highest BCUT2D eigenvalue weighted by atomic mass is 15.2. The molecule has 0 aliphatic heterocycles. The van der Waals surface area contributed by atoms with Gasteiger partial charge in [0.05, 0.1) is 0 Å². The molecule has 0 spiro atoms. The Kier molecular flexibility index (Phi) is 4.49. The number of nitrogens with two attached hydrogens (primary N) is 1. The van der Waals surface area contributed by atoms with Crippen LogP contribution in [-0.2, 0) is 0 Å². The molecule has 5 heteroatoms. The molecule has 1 aromatic rings. The smallest absolute Gasteiger partial charge is 0.134 e. The van der Waals surface area contributed by atoms with Gasteiger partial charge in [0, 0.05) is 32.2 Å². The minimum absolute atomic E-state index is 0.414. The molecule has 0 radical (unpaired) electrons. The van der Waals surface area contributed by atoms with Crippen LogP contribution in [0, 0.1) is 6.92 Å². The van der Waals surface area contributed by atoms with E-state index in [4.69, 9.17) is 5.73 Å². The molecule has 5 nitrogen and oxygen atoms in total. The van der Waals surface area contributed by atoms with Crippen molar-refractivity contribution in [2.75, 3.05) is 30.4 Å². The Morgan fingerprint density at radius 1 is 1.44 bits per heavy atom. The van der Waals surface area contributed by atoms with Crippen LogP contribution >= 0.6 is 0 Å². The van der Waals surface area contributed by atoms with Crippen LogP contribution in [0.1, 0.15) is 19.7 Å². The lowest BCUT2D eigenvalue weighted by Gasteiger charge is -2.23. The van der Waals surface area contributed by atoms with Crippen molar-refractivity contribution in [2.24, 2.45) is 5.73 Å². The second-order valence-electron chi connectivity index (χ2n) is 4.08. The van der Waals surface area contributed by atoms with Gasteiger partial charge in [0.1, 0.15) is 17.5 Å². The molecule has 1 aromatic heterocycles. The van der Waals surface area contributed by atoms with Crippen LogP contribution in [0.5, 0.6) is 0 Å². The molecule has 0 aliphatic carbocycles. The van der Waals surface area contributed by atoms with Gasteiger partial charge in [-0.05, 0) is 20.8 Å². The average molecular weight is 223 g/mol. The Morgan fingerprint density at radius 3 is 2.69 bits per heavy atom. The molecule has 16 heavy (non-hydrogen) atoms. The molecule has 1 rings (SSSR count). The minimum atomic E-state index is 0.414. The van der Waals surface area contributed by atoms with Gasteiger partial charge in [-0.25, -0.2) is 9.97 Å². The maximum atomic E-state index is 5.44. The third kappa shape index (κ3) is 3.34. The molecule has 3 N–H and O–H groups in total. The molecule has 0 amide bonds. The zero-order valence-electron chi connectivity index (χ0n) is 10.5. The molecule has 90 valence electrons. The standard InChI is InChI=1S/C11H21N5/c1-8(2)16(4)11-7-10(13-6-5-12)14-9(3)15-11/h7-8H,5-6,12H2,1-4H3,(H,13,14,15). The van der Waals surface area contributed by atoms with E-state index in [0.29, 0.717) is 12.6 Å². The van der Waals surface area contributed by atoms with Crippen molar-refractivity contribution < 1.29 is 0 Å². The van der Waals surface area contributed by atoms with Gasteiger partial charge in [0.2, 0.25) is 0 Å². The number of aromatic nitrogens is 2. The molecule has 0 saturated carbocycles. The Morgan fingerprint density at radius 2 is 2.12 bits per heavy atom. The predicted octanol–water partition coefficient (Wildman–Crippen LogP) is 1.00. The van der Waals surface area contributed by atoms with Crippen molar-refractivity contribution in [3.63, 3.8) is 0 Å². The fourth-order valence-corrected chi connectivity index (χ4v) is 1.29. The SMILES string of the molecule is Cc1nc(NCCN)cc(N(C)C(C)C)n1. The summed E-state index contributed by atoms with van der Waals surface area (Å²) in [7, 11) is 2.03. The summed E-state index contributed by atoms with van der Waals surface area (Å²) in [4.78, 5) is 10.8. The number of rotatable bonds is 5. The predicted molar refractivity (Wildman–Crippen MR) is 67.9 cm³/mol. The lowest BCUT2D eigenvalue weighted by atomic mass is 10.3. The van der Waals surface area contributed by atoms with E-state index in [-0.39, 0.29) is 0 Å². The van der Waals surface area contributed by atoms with Crippen LogP contribution in [0.25, 0.3) is 0 Å². The lowest BCUT2D eigenvalue weighted by molar-refractivity contribution is 0.739. The highest BCUT2D eigenvalue weighted by Gasteiger charge is 2.08. The second kappa shape index (κ2) is 5.65.